The van der Waals surface area contributed by atoms with Gasteiger partial charge in [-0.15, -0.1) is 0 Å². The summed E-state index contributed by atoms with van der Waals surface area (Å²) in [7, 11) is 0. The third-order valence-corrected chi connectivity index (χ3v) is 2.82. The van der Waals surface area contributed by atoms with Gasteiger partial charge in [-0.2, -0.15) is 13.2 Å². The molecule has 0 unspecified atom stereocenters. The van der Waals surface area contributed by atoms with Gasteiger partial charge in [0.15, 0.2) is 0 Å². The van der Waals surface area contributed by atoms with E-state index in [0.29, 0.717) is 12.5 Å². The third-order valence-electron chi connectivity index (χ3n) is 2.82. The Morgan fingerprint density at radius 2 is 1.73 bits per heavy atom. The highest BCUT2D eigenvalue weighted by Gasteiger charge is 2.33. The van der Waals surface area contributed by atoms with E-state index in [-0.39, 0.29) is 12.4 Å². The first-order chi connectivity index (χ1) is 10.4. The minimum absolute atomic E-state index is 0.0729. The quantitative estimate of drug-likeness (QED) is 0.857. The fraction of sp³-hybridized carbons (Fsp3) is 0.333. The predicted octanol–water partition coefficient (Wildman–Crippen LogP) is 3.60. The number of rotatable bonds is 5. The molecule has 7 heteroatoms. The Kier molecular flexibility index (Phi) is 4.85. The van der Waals surface area contributed by atoms with E-state index in [9.17, 15) is 13.2 Å². The summed E-state index contributed by atoms with van der Waals surface area (Å²) < 4.78 is 43.6. The number of anilines is 1. The summed E-state index contributed by atoms with van der Waals surface area (Å²) in [5.41, 5.74) is 0.856. The Morgan fingerprint density at radius 3 is 2.36 bits per heavy atom. The van der Waals surface area contributed by atoms with Gasteiger partial charge < -0.3 is 10.1 Å². The van der Waals surface area contributed by atoms with E-state index >= 15 is 0 Å². The molecule has 1 aromatic heterocycles. The molecule has 2 aromatic rings. The molecule has 118 valence electrons. The Morgan fingerprint density at radius 1 is 1.09 bits per heavy atom. The molecule has 1 aromatic carbocycles. The van der Waals surface area contributed by atoms with E-state index in [2.05, 4.69) is 15.3 Å². The minimum atomic E-state index is -4.43. The highest BCUT2D eigenvalue weighted by Crippen LogP contribution is 2.35. The van der Waals surface area contributed by atoms with Crippen LogP contribution in [0.2, 0.25) is 0 Å². The van der Waals surface area contributed by atoms with Crippen molar-refractivity contribution in [1.29, 1.82) is 0 Å². The number of nitrogens with one attached hydrogen (secondary N) is 1. The van der Waals surface area contributed by atoms with Gasteiger partial charge in [0.2, 0.25) is 5.95 Å². The standard InChI is InChI=1S/C15H16F3N3O/c1-10-9-11(2)21-14(20-10)19-7-8-22-13-6-4-3-5-12(13)15(16,17)18/h3-6,9H,7-8H2,1-2H3,(H,19,20,21). The van der Waals surface area contributed by atoms with Gasteiger partial charge in [0, 0.05) is 11.4 Å². The zero-order valence-electron chi connectivity index (χ0n) is 12.2. The molecule has 1 heterocycles. The van der Waals surface area contributed by atoms with E-state index in [4.69, 9.17) is 4.74 Å². The number of alkyl halides is 3. The molecule has 0 aliphatic rings. The second-order valence-electron chi connectivity index (χ2n) is 4.74. The molecule has 0 atom stereocenters. The van der Waals surface area contributed by atoms with Crippen LogP contribution in [0, 0.1) is 13.8 Å². The molecule has 0 saturated heterocycles. The highest BCUT2D eigenvalue weighted by atomic mass is 19.4. The van der Waals surface area contributed by atoms with Gasteiger partial charge in [0.05, 0.1) is 12.1 Å². The molecule has 0 bridgehead atoms. The monoisotopic (exact) mass is 311 g/mol. The van der Waals surface area contributed by atoms with Crippen LogP contribution in [0.15, 0.2) is 30.3 Å². The molecule has 0 fully saturated rings. The van der Waals surface area contributed by atoms with Crippen molar-refractivity contribution >= 4 is 5.95 Å². The number of aryl methyl sites for hydroxylation is 2. The summed E-state index contributed by atoms with van der Waals surface area (Å²) in [6.07, 6.45) is -4.43. The first-order valence-corrected chi connectivity index (χ1v) is 6.71. The van der Waals surface area contributed by atoms with Crippen LogP contribution in [-0.2, 0) is 6.18 Å². The van der Waals surface area contributed by atoms with E-state index < -0.39 is 11.7 Å². The second kappa shape index (κ2) is 6.64. The lowest BCUT2D eigenvalue weighted by Gasteiger charge is -2.14. The van der Waals surface area contributed by atoms with Crippen LogP contribution in [0.25, 0.3) is 0 Å². The molecule has 1 N–H and O–H groups in total. The van der Waals surface area contributed by atoms with Crippen molar-refractivity contribution < 1.29 is 17.9 Å². The number of nitrogens with zero attached hydrogens (tertiary/aromatic N) is 2. The fourth-order valence-electron chi connectivity index (χ4n) is 1.96. The van der Waals surface area contributed by atoms with Gasteiger partial charge >= 0.3 is 6.18 Å². The van der Waals surface area contributed by atoms with Gasteiger partial charge in [-0.1, -0.05) is 12.1 Å². The molecule has 4 nitrogen and oxygen atoms in total. The summed E-state index contributed by atoms with van der Waals surface area (Å²) >= 11 is 0. The van der Waals surface area contributed by atoms with Gasteiger partial charge in [-0.3, -0.25) is 0 Å². The van der Waals surface area contributed by atoms with Gasteiger partial charge in [-0.25, -0.2) is 9.97 Å². The lowest BCUT2D eigenvalue weighted by Crippen LogP contribution is -2.16. The molecule has 0 aliphatic heterocycles. The predicted molar refractivity (Wildman–Crippen MR) is 76.9 cm³/mol. The van der Waals surface area contributed by atoms with Crippen molar-refractivity contribution in [3.05, 3.63) is 47.3 Å². The maximum atomic E-state index is 12.8. The van der Waals surface area contributed by atoms with E-state index in [1.54, 1.807) is 0 Å². The van der Waals surface area contributed by atoms with Gasteiger partial charge in [0.1, 0.15) is 12.4 Å². The number of halogens is 3. The van der Waals surface area contributed by atoms with Gasteiger partial charge in [0.25, 0.3) is 0 Å². The molecular formula is C15H16F3N3O. The topological polar surface area (TPSA) is 47.0 Å². The fourth-order valence-corrected chi connectivity index (χ4v) is 1.96. The molecule has 0 amide bonds. The zero-order chi connectivity index (χ0) is 16.2. The highest BCUT2D eigenvalue weighted by molar-refractivity contribution is 5.35. The zero-order valence-corrected chi connectivity index (χ0v) is 12.2. The number of ether oxygens (including phenoxy) is 1. The number of hydrogen-bond acceptors (Lipinski definition) is 4. The van der Waals surface area contributed by atoms with Crippen molar-refractivity contribution in [1.82, 2.24) is 9.97 Å². The first kappa shape index (κ1) is 16.1. The third kappa shape index (κ3) is 4.34. The Bertz CT molecular complexity index is 624. The summed E-state index contributed by atoms with van der Waals surface area (Å²) in [6, 6.07) is 6.97. The normalized spacial score (nSPS) is 11.3. The average molecular weight is 311 g/mol. The number of benzene rings is 1. The molecule has 0 radical (unpaired) electrons. The van der Waals surface area contributed by atoms with Crippen LogP contribution in [0.4, 0.5) is 19.1 Å². The Hall–Kier alpha value is -2.31. The van der Waals surface area contributed by atoms with Crippen LogP contribution in [0.3, 0.4) is 0 Å². The SMILES string of the molecule is Cc1cc(C)nc(NCCOc2ccccc2C(F)(F)F)n1. The Labute approximate surface area is 126 Å². The van der Waals surface area contributed by atoms with Crippen LogP contribution in [0.1, 0.15) is 17.0 Å². The maximum Gasteiger partial charge on any atom is 0.419 e. The second-order valence-corrected chi connectivity index (χ2v) is 4.74. The number of aromatic nitrogens is 2. The summed E-state index contributed by atoms with van der Waals surface area (Å²) in [6.45, 7) is 4.06. The largest absolute Gasteiger partial charge is 0.491 e. The van der Waals surface area contributed by atoms with E-state index in [1.807, 2.05) is 19.9 Å². The van der Waals surface area contributed by atoms with Crippen molar-refractivity contribution in [2.45, 2.75) is 20.0 Å². The van der Waals surface area contributed by atoms with Crippen molar-refractivity contribution in [3.63, 3.8) is 0 Å². The summed E-state index contributed by atoms with van der Waals surface area (Å²) in [5.74, 6) is 0.253. The summed E-state index contributed by atoms with van der Waals surface area (Å²) in [4.78, 5) is 8.36. The molecule has 0 saturated carbocycles. The number of hydrogen-bond donors (Lipinski definition) is 1. The molecule has 0 aliphatic carbocycles. The minimum Gasteiger partial charge on any atom is -0.491 e. The molecule has 0 spiro atoms. The van der Waals surface area contributed by atoms with Gasteiger partial charge in [-0.05, 0) is 32.0 Å². The van der Waals surface area contributed by atoms with Crippen LogP contribution < -0.4 is 10.1 Å². The maximum absolute atomic E-state index is 12.8. The lowest BCUT2D eigenvalue weighted by atomic mass is 10.2. The molecule has 22 heavy (non-hydrogen) atoms. The average Bonchev–Trinajstić information content (AvgIpc) is 2.42. The van der Waals surface area contributed by atoms with Crippen molar-refractivity contribution in [2.24, 2.45) is 0 Å². The molecular weight excluding hydrogens is 295 g/mol. The van der Waals surface area contributed by atoms with Crippen molar-refractivity contribution in [2.75, 3.05) is 18.5 Å². The lowest BCUT2D eigenvalue weighted by molar-refractivity contribution is -0.138. The first-order valence-electron chi connectivity index (χ1n) is 6.71. The number of para-hydroxylation sites is 1. The molecule has 2 rings (SSSR count). The van der Waals surface area contributed by atoms with E-state index in [1.165, 1.54) is 18.2 Å². The van der Waals surface area contributed by atoms with Crippen LogP contribution in [-0.4, -0.2) is 23.1 Å². The summed E-state index contributed by atoms with van der Waals surface area (Å²) in [5, 5.41) is 2.93. The van der Waals surface area contributed by atoms with Crippen LogP contribution in [0.5, 0.6) is 5.75 Å². The Balaban J connectivity index is 1.92. The van der Waals surface area contributed by atoms with E-state index in [0.717, 1.165) is 17.5 Å². The van der Waals surface area contributed by atoms with Crippen LogP contribution >= 0.6 is 0 Å². The van der Waals surface area contributed by atoms with Crippen molar-refractivity contribution in [3.8, 4) is 5.75 Å². The smallest absolute Gasteiger partial charge is 0.419 e.